The third kappa shape index (κ3) is 2.26. The number of anilines is 1. The van der Waals surface area contributed by atoms with Crippen LogP contribution >= 0.6 is 0 Å². The van der Waals surface area contributed by atoms with Gasteiger partial charge < -0.3 is 5.32 Å². The van der Waals surface area contributed by atoms with Crippen molar-refractivity contribution in [2.75, 3.05) is 38.0 Å². The zero-order chi connectivity index (χ0) is 12.7. The first-order valence-electron chi connectivity index (χ1n) is 7.70. The van der Waals surface area contributed by atoms with Gasteiger partial charge in [-0.25, -0.2) is 0 Å². The summed E-state index contributed by atoms with van der Waals surface area (Å²) in [4.78, 5) is 5.32. The number of benzene rings is 1. The molecular formula is C16H23N3. The Labute approximate surface area is 115 Å². The summed E-state index contributed by atoms with van der Waals surface area (Å²) < 4.78 is 0. The lowest BCUT2D eigenvalue weighted by Crippen LogP contribution is -2.49. The summed E-state index contributed by atoms with van der Waals surface area (Å²) in [5, 5.41) is 3.49. The normalized spacial score (nSPS) is 27.1. The van der Waals surface area contributed by atoms with Crippen molar-refractivity contribution in [1.82, 2.24) is 9.80 Å². The first-order chi connectivity index (χ1) is 9.38. The molecule has 1 N–H and O–H groups in total. The zero-order valence-corrected chi connectivity index (χ0v) is 11.6. The van der Waals surface area contributed by atoms with E-state index < -0.39 is 0 Å². The molecule has 1 aromatic rings. The third-order valence-corrected chi connectivity index (χ3v) is 4.96. The van der Waals surface area contributed by atoms with E-state index in [9.17, 15) is 0 Å². The van der Waals surface area contributed by atoms with Crippen LogP contribution in [0.4, 0.5) is 5.69 Å². The van der Waals surface area contributed by atoms with Gasteiger partial charge in [0.1, 0.15) is 0 Å². The van der Waals surface area contributed by atoms with Crippen LogP contribution in [0.15, 0.2) is 18.2 Å². The standard InChI is InChI=1S/C16H23N3/c1-2-15-12-18(8-9-19(15)7-1)11-13-3-4-14-5-6-17-16(14)10-13/h3-4,10,15,17H,1-2,5-9,11-12H2. The summed E-state index contributed by atoms with van der Waals surface area (Å²) >= 11 is 0. The van der Waals surface area contributed by atoms with E-state index in [2.05, 4.69) is 33.3 Å². The largest absolute Gasteiger partial charge is 0.384 e. The Hall–Kier alpha value is -1.06. The molecule has 3 aliphatic rings. The third-order valence-electron chi connectivity index (χ3n) is 4.96. The molecule has 2 fully saturated rings. The topological polar surface area (TPSA) is 18.5 Å². The van der Waals surface area contributed by atoms with E-state index in [1.807, 2.05) is 0 Å². The van der Waals surface area contributed by atoms with E-state index >= 15 is 0 Å². The van der Waals surface area contributed by atoms with Gasteiger partial charge in [-0.05, 0) is 43.0 Å². The van der Waals surface area contributed by atoms with E-state index in [-0.39, 0.29) is 0 Å². The summed E-state index contributed by atoms with van der Waals surface area (Å²) in [7, 11) is 0. The van der Waals surface area contributed by atoms with Crippen molar-refractivity contribution in [3.8, 4) is 0 Å². The maximum Gasteiger partial charge on any atom is 0.0376 e. The molecular weight excluding hydrogens is 234 g/mol. The van der Waals surface area contributed by atoms with Gasteiger partial charge in [0, 0.05) is 44.5 Å². The molecule has 3 aliphatic heterocycles. The highest BCUT2D eigenvalue weighted by Gasteiger charge is 2.30. The zero-order valence-electron chi connectivity index (χ0n) is 11.6. The molecule has 1 unspecified atom stereocenters. The Bertz CT molecular complexity index is 471. The van der Waals surface area contributed by atoms with Gasteiger partial charge in [-0.1, -0.05) is 12.1 Å². The fourth-order valence-electron chi connectivity index (χ4n) is 3.89. The second-order valence-corrected chi connectivity index (χ2v) is 6.24. The van der Waals surface area contributed by atoms with Crippen molar-refractivity contribution in [1.29, 1.82) is 0 Å². The fourth-order valence-corrected chi connectivity index (χ4v) is 3.89. The molecule has 102 valence electrons. The van der Waals surface area contributed by atoms with Gasteiger partial charge in [0.2, 0.25) is 0 Å². The highest BCUT2D eigenvalue weighted by molar-refractivity contribution is 5.57. The van der Waals surface area contributed by atoms with E-state index in [0.717, 1.165) is 19.1 Å². The van der Waals surface area contributed by atoms with Crippen LogP contribution in [0.1, 0.15) is 24.0 Å². The minimum atomic E-state index is 0.835. The SMILES string of the molecule is c1cc2c(cc1CN1CCN3CCCC3C1)NCC2. The van der Waals surface area contributed by atoms with Gasteiger partial charge >= 0.3 is 0 Å². The molecule has 0 bridgehead atoms. The molecule has 19 heavy (non-hydrogen) atoms. The number of nitrogens with zero attached hydrogens (tertiary/aromatic N) is 2. The van der Waals surface area contributed by atoms with Gasteiger partial charge in [-0.15, -0.1) is 0 Å². The predicted octanol–water partition coefficient (Wildman–Crippen LogP) is 1.93. The van der Waals surface area contributed by atoms with Crippen LogP contribution in [0.3, 0.4) is 0 Å². The quantitative estimate of drug-likeness (QED) is 0.873. The molecule has 3 heteroatoms. The van der Waals surface area contributed by atoms with Gasteiger partial charge in [0.15, 0.2) is 0 Å². The molecule has 1 atom stereocenters. The molecule has 1 aromatic carbocycles. The lowest BCUT2D eigenvalue weighted by atomic mass is 10.1. The average molecular weight is 257 g/mol. The molecule has 0 aromatic heterocycles. The molecule has 4 rings (SSSR count). The number of hydrogen-bond acceptors (Lipinski definition) is 3. The second-order valence-electron chi connectivity index (χ2n) is 6.24. The molecule has 0 spiro atoms. The van der Waals surface area contributed by atoms with Crippen molar-refractivity contribution in [2.24, 2.45) is 0 Å². The summed E-state index contributed by atoms with van der Waals surface area (Å²) in [6.07, 6.45) is 4.00. The summed E-state index contributed by atoms with van der Waals surface area (Å²) in [6, 6.07) is 7.84. The summed E-state index contributed by atoms with van der Waals surface area (Å²) in [6.45, 7) is 7.35. The highest BCUT2D eigenvalue weighted by Crippen LogP contribution is 2.26. The molecule has 3 nitrogen and oxygen atoms in total. The van der Waals surface area contributed by atoms with Gasteiger partial charge in [0.05, 0.1) is 0 Å². The Morgan fingerprint density at radius 3 is 3.21 bits per heavy atom. The Morgan fingerprint density at radius 2 is 2.21 bits per heavy atom. The van der Waals surface area contributed by atoms with Crippen LogP contribution in [-0.4, -0.2) is 48.6 Å². The van der Waals surface area contributed by atoms with Crippen LogP contribution < -0.4 is 5.32 Å². The minimum Gasteiger partial charge on any atom is -0.384 e. The van der Waals surface area contributed by atoms with Crippen LogP contribution in [0.25, 0.3) is 0 Å². The van der Waals surface area contributed by atoms with E-state index in [0.29, 0.717) is 0 Å². The van der Waals surface area contributed by atoms with Crippen molar-refractivity contribution in [3.63, 3.8) is 0 Å². The maximum atomic E-state index is 3.49. The monoisotopic (exact) mass is 257 g/mol. The minimum absolute atomic E-state index is 0.835. The first kappa shape index (κ1) is 11.7. The molecule has 3 heterocycles. The van der Waals surface area contributed by atoms with Crippen molar-refractivity contribution in [2.45, 2.75) is 31.8 Å². The number of rotatable bonds is 2. The Balaban J connectivity index is 1.44. The Kier molecular flexibility index (Phi) is 2.97. The number of nitrogens with one attached hydrogen (secondary N) is 1. The van der Waals surface area contributed by atoms with Crippen LogP contribution in [0.2, 0.25) is 0 Å². The van der Waals surface area contributed by atoms with Gasteiger partial charge in [-0.3, -0.25) is 9.80 Å². The van der Waals surface area contributed by atoms with Crippen LogP contribution in [0, 0.1) is 0 Å². The second kappa shape index (κ2) is 4.80. The predicted molar refractivity (Wildman–Crippen MR) is 78.5 cm³/mol. The molecule has 2 saturated heterocycles. The van der Waals surface area contributed by atoms with Crippen LogP contribution in [0.5, 0.6) is 0 Å². The van der Waals surface area contributed by atoms with Gasteiger partial charge in [0.25, 0.3) is 0 Å². The highest BCUT2D eigenvalue weighted by atomic mass is 15.3. The van der Waals surface area contributed by atoms with Gasteiger partial charge in [-0.2, -0.15) is 0 Å². The van der Waals surface area contributed by atoms with Crippen molar-refractivity contribution in [3.05, 3.63) is 29.3 Å². The van der Waals surface area contributed by atoms with E-state index in [4.69, 9.17) is 0 Å². The Morgan fingerprint density at radius 1 is 1.21 bits per heavy atom. The number of piperazine rings is 1. The average Bonchev–Trinajstić information content (AvgIpc) is 3.05. The van der Waals surface area contributed by atoms with E-state index in [1.165, 1.54) is 62.3 Å². The fraction of sp³-hybridized carbons (Fsp3) is 0.625. The smallest absolute Gasteiger partial charge is 0.0376 e. The van der Waals surface area contributed by atoms with Crippen LogP contribution in [-0.2, 0) is 13.0 Å². The summed E-state index contributed by atoms with van der Waals surface area (Å²) in [5.74, 6) is 0. The molecule has 0 saturated carbocycles. The first-order valence-corrected chi connectivity index (χ1v) is 7.70. The lowest BCUT2D eigenvalue weighted by Gasteiger charge is -2.37. The van der Waals surface area contributed by atoms with E-state index in [1.54, 1.807) is 0 Å². The maximum absolute atomic E-state index is 3.49. The van der Waals surface area contributed by atoms with Crippen molar-refractivity contribution >= 4 is 5.69 Å². The number of fused-ring (bicyclic) bond motifs is 2. The molecule has 0 amide bonds. The summed E-state index contributed by atoms with van der Waals surface area (Å²) in [5.41, 5.74) is 4.33. The number of hydrogen-bond donors (Lipinski definition) is 1. The van der Waals surface area contributed by atoms with Crippen molar-refractivity contribution < 1.29 is 0 Å². The molecule has 0 radical (unpaired) electrons. The molecule has 0 aliphatic carbocycles. The lowest BCUT2D eigenvalue weighted by molar-refractivity contribution is 0.0994.